The Morgan fingerprint density at radius 1 is 1.16 bits per heavy atom. The van der Waals surface area contributed by atoms with Crippen LogP contribution in [-0.2, 0) is 22.3 Å². The van der Waals surface area contributed by atoms with Crippen molar-refractivity contribution >= 4 is 27.4 Å². The Morgan fingerprint density at radius 2 is 1.96 bits per heavy atom. The molecular weight excluding hydrogens is 334 g/mol. The van der Waals surface area contributed by atoms with Crippen molar-refractivity contribution in [1.82, 2.24) is 9.97 Å². The van der Waals surface area contributed by atoms with Crippen molar-refractivity contribution in [2.45, 2.75) is 57.7 Å². The third kappa shape index (κ3) is 2.84. The maximum atomic E-state index is 5.84. The Kier molecular flexibility index (Phi) is 3.95. The molecule has 0 radical (unpaired) electrons. The van der Waals surface area contributed by atoms with Crippen molar-refractivity contribution in [1.29, 1.82) is 0 Å². The molecule has 1 N–H and O–H groups in total. The van der Waals surface area contributed by atoms with Gasteiger partial charge in [0, 0.05) is 24.3 Å². The molecule has 0 unspecified atom stereocenters. The highest BCUT2D eigenvalue weighted by Crippen LogP contribution is 2.41. The smallest absolute Gasteiger partial charge is 0.168 e. The van der Waals surface area contributed by atoms with Gasteiger partial charge in [-0.05, 0) is 50.5 Å². The molecule has 3 heterocycles. The van der Waals surface area contributed by atoms with Gasteiger partial charge in [0.25, 0.3) is 0 Å². The fourth-order valence-electron chi connectivity index (χ4n) is 4.58. The molecule has 2 aliphatic carbocycles. The van der Waals surface area contributed by atoms with Gasteiger partial charge in [-0.25, -0.2) is 9.97 Å². The number of thiophene rings is 1. The molecule has 0 bridgehead atoms. The predicted molar refractivity (Wildman–Crippen MR) is 99.3 cm³/mol. The van der Waals surface area contributed by atoms with Gasteiger partial charge in [-0.15, -0.1) is 11.3 Å². The maximum absolute atomic E-state index is 5.84. The maximum Gasteiger partial charge on any atom is 0.168 e. The van der Waals surface area contributed by atoms with Crippen molar-refractivity contribution in [2.24, 2.45) is 5.92 Å². The van der Waals surface area contributed by atoms with E-state index in [1.54, 1.807) is 0 Å². The molecule has 1 spiro atoms. The van der Waals surface area contributed by atoms with Gasteiger partial charge in [0.15, 0.2) is 5.79 Å². The van der Waals surface area contributed by atoms with Gasteiger partial charge in [-0.3, -0.25) is 0 Å². The Bertz CT molecular complexity index is 788. The molecule has 6 heteroatoms. The van der Waals surface area contributed by atoms with Gasteiger partial charge in [0.2, 0.25) is 0 Å². The summed E-state index contributed by atoms with van der Waals surface area (Å²) in [5.74, 6) is 2.32. The van der Waals surface area contributed by atoms with Crippen molar-refractivity contribution in [3.63, 3.8) is 0 Å². The molecule has 0 aromatic carbocycles. The number of anilines is 1. The number of nitrogens with zero attached hydrogens (tertiary/aromatic N) is 2. The van der Waals surface area contributed by atoms with Gasteiger partial charge in [0.05, 0.1) is 18.6 Å². The molecular formula is C19H25N3O2S. The first-order valence-corrected chi connectivity index (χ1v) is 10.3. The molecule has 0 amide bonds. The number of fused-ring (bicyclic) bond motifs is 3. The normalized spacial score (nSPS) is 22.8. The van der Waals surface area contributed by atoms with Gasteiger partial charge in [0.1, 0.15) is 16.5 Å². The fourth-order valence-corrected chi connectivity index (χ4v) is 5.89. The van der Waals surface area contributed by atoms with Crippen LogP contribution in [0.3, 0.4) is 0 Å². The van der Waals surface area contributed by atoms with Crippen molar-refractivity contribution in [3.05, 3.63) is 16.3 Å². The molecule has 2 aromatic rings. The Balaban J connectivity index is 1.31. The van der Waals surface area contributed by atoms with Crippen LogP contribution in [0.2, 0.25) is 0 Å². The Labute approximate surface area is 152 Å². The van der Waals surface area contributed by atoms with Crippen LogP contribution in [-0.4, -0.2) is 35.5 Å². The third-order valence-corrected chi connectivity index (χ3v) is 7.10. The number of aromatic nitrogens is 2. The second kappa shape index (κ2) is 6.18. The fraction of sp³-hybridized carbons (Fsp3) is 0.684. The van der Waals surface area contributed by atoms with E-state index in [1.807, 2.05) is 18.3 Å². The van der Waals surface area contributed by atoms with E-state index in [2.05, 4.69) is 10.3 Å². The lowest BCUT2D eigenvalue weighted by Gasteiger charge is -2.35. The summed E-state index contributed by atoms with van der Waals surface area (Å²) in [6, 6.07) is 0. The molecule has 2 fully saturated rings. The highest BCUT2D eigenvalue weighted by Gasteiger charge is 2.40. The summed E-state index contributed by atoms with van der Waals surface area (Å²) in [5.41, 5.74) is 1.50. The van der Waals surface area contributed by atoms with E-state index in [4.69, 9.17) is 14.5 Å². The summed E-state index contributed by atoms with van der Waals surface area (Å²) in [7, 11) is 0. The monoisotopic (exact) mass is 359 g/mol. The van der Waals surface area contributed by atoms with E-state index in [-0.39, 0.29) is 5.79 Å². The molecule has 1 aliphatic heterocycles. The summed E-state index contributed by atoms with van der Waals surface area (Å²) in [6.45, 7) is 4.48. The van der Waals surface area contributed by atoms with E-state index in [1.165, 1.54) is 35.1 Å². The Hall–Kier alpha value is -1.24. The standard InChI is InChI=1S/C19H25N3O2S/c1-12-21-17(16-14-3-2-4-15(14)25-18(16)22-12)20-11-13-5-7-19(8-6-13)23-9-10-24-19/h13H,2-11H2,1H3,(H,20,21,22). The number of hydrogen-bond acceptors (Lipinski definition) is 6. The lowest BCUT2D eigenvalue weighted by Crippen LogP contribution is -2.36. The van der Waals surface area contributed by atoms with Gasteiger partial charge in [-0.2, -0.15) is 0 Å². The number of nitrogens with one attached hydrogen (secondary N) is 1. The van der Waals surface area contributed by atoms with Crippen LogP contribution in [0.25, 0.3) is 10.2 Å². The first kappa shape index (κ1) is 16.0. The van der Waals surface area contributed by atoms with Crippen LogP contribution in [0, 0.1) is 12.8 Å². The lowest BCUT2D eigenvalue weighted by molar-refractivity contribution is -0.181. The van der Waals surface area contributed by atoms with E-state index in [0.29, 0.717) is 5.92 Å². The summed E-state index contributed by atoms with van der Waals surface area (Å²) >= 11 is 1.86. The molecule has 25 heavy (non-hydrogen) atoms. The molecule has 2 aromatic heterocycles. The number of hydrogen-bond donors (Lipinski definition) is 1. The quantitative estimate of drug-likeness (QED) is 0.902. The van der Waals surface area contributed by atoms with Crippen LogP contribution in [0.1, 0.15) is 48.4 Å². The number of aryl methyl sites for hydroxylation is 3. The third-order valence-electron chi connectivity index (χ3n) is 5.92. The molecule has 5 rings (SSSR count). The highest BCUT2D eigenvalue weighted by molar-refractivity contribution is 7.19. The largest absolute Gasteiger partial charge is 0.369 e. The summed E-state index contributed by atoms with van der Waals surface area (Å²) in [5, 5.41) is 4.96. The second-order valence-electron chi connectivity index (χ2n) is 7.59. The van der Waals surface area contributed by atoms with Crippen LogP contribution in [0.4, 0.5) is 5.82 Å². The first-order chi connectivity index (χ1) is 12.2. The SMILES string of the molecule is Cc1nc(NCC2CCC3(CC2)OCCO3)c2c3c(sc2n1)CCC3. The predicted octanol–water partition coefficient (Wildman–Crippen LogP) is 3.83. The molecule has 0 atom stereocenters. The topological polar surface area (TPSA) is 56.3 Å². The van der Waals surface area contributed by atoms with E-state index >= 15 is 0 Å². The number of ether oxygens (including phenoxy) is 2. The average Bonchev–Trinajstić information content (AvgIpc) is 3.30. The zero-order valence-corrected chi connectivity index (χ0v) is 15.6. The minimum absolute atomic E-state index is 0.260. The van der Waals surface area contributed by atoms with Crippen molar-refractivity contribution < 1.29 is 9.47 Å². The average molecular weight is 359 g/mol. The van der Waals surface area contributed by atoms with E-state index in [0.717, 1.165) is 61.9 Å². The zero-order chi connectivity index (χ0) is 16.9. The molecule has 1 saturated carbocycles. The van der Waals surface area contributed by atoms with Crippen LogP contribution < -0.4 is 5.32 Å². The van der Waals surface area contributed by atoms with Gasteiger partial charge >= 0.3 is 0 Å². The summed E-state index contributed by atoms with van der Waals surface area (Å²) in [6.07, 6.45) is 8.01. The van der Waals surface area contributed by atoms with Crippen molar-refractivity contribution in [2.75, 3.05) is 25.1 Å². The molecule has 3 aliphatic rings. The van der Waals surface area contributed by atoms with Crippen LogP contribution in [0.5, 0.6) is 0 Å². The number of rotatable bonds is 3. The minimum Gasteiger partial charge on any atom is -0.369 e. The van der Waals surface area contributed by atoms with Crippen LogP contribution in [0.15, 0.2) is 0 Å². The summed E-state index contributed by atoms with van der Waals surface area (Å²) in [4.78, 5) is 12.1. The zero-order valence-electron chi connectivity index (χ0n) is 14.8. The highest BCUT2D eigenvalue weighted by atomic mass is 32.1. The second-order valence-corrected chi connectivity index (χ2v) is 8.67. The lowest BCUT2D eigenvalue weighted by atomic mass is 9.85. The van der Waals surface area contributed by atoms with Gasteiger partial charge in [-0.1, -0.05) is 0 Å². The van der Waals surface area contributed by atoms with Gasteiger partial charge < -0.3 is 14.8 Å². The molecule has 134 valence electrons. The minimum atomic E-state index is -0.260. The van der Waals surface area contributed by atoms with E-state index < -0.39 is 0 Å². The molecule has 5 nitrogen and oxygen atoms in total. The van der Waals surface area contributed by atoms with Crippen molar-refractivity contribution in [3.8, 4) is 0 Å². The first-order valence-electron chi connectivity index (χ1n) is 9.53. The molecule has 1 saturated heterocycles. The van der Waals surface area contributed by atoms with E-state index in [9.17, 15) is 0 Å². The summed E-state index contributed by atoms with van der Waals surface area (Å²) < 4.78 is 11.7. The Morgan fingerprint density at radius 3 is 2.76 bits per heavy atom. The van der Waals surface area contributed by atoms with Crippen LogP contribution >= 0.6 is 11.3 Å².